The number of benzene rings is 1. The normalized spacial score (nSPS) is 25.6. The predicted octanol–water partition coefficient (Wildman–Crippen LogP) is 1.06. The highest BCUT2D eigenvalue weighted by molar-refractivity contribution is 6.37. The molecule has 1 saturated heterocycles. The van der Waals surface area contributed by atoms with Gasteiger partial charge in [-0.05, 0) is 25.3 Å². The molecular formula is C16H21BNO5. The molecule has 1 aliphatic heterocycles. The molecule has 1 aromatic carbocycles. The van der Waals surface area contributed by atoms with Gasteiger partial charge in [0.05, 0.1) is 24.6 Å². The van der Waals surface area contributed by atoms with Crippen molar-refractivity contribution in [2.24, 2.45) is 11.7 Å². The van der Waals surface area contributed by atoms with Crippen LogP contribution in [0.25, 0.3) is 0 Å². The Bertz CT molecular complexity index is 524. The summed E-state index contributed by atoms with van der Waals surface area (Å²) in [6, 6.07) is 9.70. The largest absolute Gasteiger partial charge is 0.465 e. The summed E-state index contributed by atoms with van der Waals surface area (Å²) in [5, 5.41) is 0. The molecule has 1 aliphatic rings. The van der Waals surface area contributed by atoms with Crippen molar-refractivity contribution in [2.45, 2.75) is 31.7 Å². The Morgan fingerprint density at radius 1 is 1.26 bits per heavy atom. The highest BCUT2D eigenvalue weighted by Gasteiger charge is 2.32. The number of rotatable bonds is 5. The van der Waals surface area contributed by atoms with E-state index in [2.05, 4.69) is 0 Å². The van der Waals surface area contributed by atoms with Crippen LogP contribution in [0.4, 0.5) is 0 Å². The summed E-state index contributed by atoms with van der Waals surface area (Å²) in [4.78, 5) is 24.4. The van der Waals surface area contributed by atoms with E-state index in [0.717, 1.165) is 5.56 Å². The van der Waals surface area contributed by atoms with Gasteiger partial charge in [0.1, 0.15) is 6.61 Å². The minimum atomic E-state index is -0.763. The van der Waals surface area contributed by atoms with E-state index in [9.17, 15) is 9.59 Å². The van der Waals surface area contributed by atoms with Crippen LogP contribution in [0.1, 0.15) is 18.9 Å². The average molecular weight is 318 g/mol. The van der Waals surface area contributed by atoms with Gasteiger partial charge in [0, 0.05) is 0 Å². The SMILES string of the molecule is C[C@H]1C[C@@H](Cc2ccccc2)C(=O)OC[C@H]([B]OCN)C(=O)O1. The van der Waals surface area contributed by atoms with Gasteiger partial charge in [0.25, 0.3) is 0 Å². The first-order valence-electron chi connectivity index (χ1n) is 7.66. The van der Waals surface area contributed by atoms with Gasteiger partial charge in [-0.1, -0.05) is 30.3 Å². The summed E-state index contributed by atoms with van der Waals surface area (Å²) in [7, 11) is 1.26. The first kappa shape index (κ1) is 17.5. The Kier molecular flexibility index (Phi) is 6.61. The van der Waals surface area contributed by atoms with E-state index >= 15 is 0 Å². The Hall–Kier alpha value is -1.86. The van der Waals surface area contributed by atoms with E-state index < -0.39 is 11.8 Å². The van der Waals surface area contributed by atoms with Crippen LogP contribution in [0, 0.1) is 5.92 Å². The molecule has 0 spiro atoms. The minimum absolute atomic E-state index is 0.0517. The average Bonchev–Trinajstić information content (AvgIpc) is 2.58. The molecule has 2 rings (SSSR count). The van der Waals surface area contributed by atoms with Gasteiger partial charge in [-0.3, -0.25) is 9.59 Å². The van der Waals surface area contributed by atoms with Gasteiger partial charge < -0.3 is 19.9 Å². The second-order valence-electron chi connectivity index (χ2n) is 5.58. The quantitative estimate of drug-likeness (QED) is 0.496. The summed E-state index contributed by atoms with van der Waals surface area (Å²) in [5.41, 5.74) is 6.28. The van der Waals surface area contributed by atoms with E-state index in [1.807, 2.05) is 30.3 Å². The zero-order valence-electron chi connectivity index (χ0n) is 13.1. The maximum Gasteiger partial charge on any atom is 0.312 e. The topological polar surface area (TPSA) is 87.9 Å². The molecule has 3 atom stereocenters. The van der Waals surface area contributed by atoms with E-state index in [0.29, 0.717) is 12.8 Å². The second kappa shape index (κ2) is 8.69. The lowest BCUT2D eigenvalue weighted by atomic mass is 9.80. The molecule has 0 bridgehead atoms. The minimum Gasteiger partial charge on any atom is -0.465 e. The smallest absolute Gasteiger partial charge is 0.312 e. The van der Waals surface area contributed by atoms with E-state index in [-0.39, 0.29) is 31.3 Å². The Morgan fingerprint density at radius 2 is 2.00 bits per heavy atom. The second-order valence-corrected chi connectivity index (χ2v) is 5.58. The van der Waals surface area contributed by atoms with Gasteiger partial charge in [0.15, 0.2) is 0 Å². The van der Waals surface area contributed by atoms with Crippen molar-refractivity contribution in [3.63, 3.8) is 0 Å². The predicted molar refractivity (Wildman–Crippen MR) is 84.4 cm³/mol. The van der Waals surface area contributed by atoms with E-state index in [1.54, 1.807) is 6.92 Å². The number of hydrogen-bond donors (Lipinski definition) is 1. The zero-order chi connectivity index (χ0) is 16.7. The molecule has 1 aromatic rings. The van der Waals surface area contributed by atoms with Crippen molar-refractivity contribution in [3.8, 4) is 0 Å². The van der Waals surface area contributed by atoms with Crippen LogP contribution in [0.2, 0.25) is 5.82 Å². The summed E-state index contributed by atoms with van der Waals surface area (Å²) in [6.45, 7) is 1.62. The molecule has 2 N–H and O–H groups in total. The molecule has 0 unspecified atom stereocenters. The molecule has 0 aromatic heterocycles. The fraction of sp³-hybridized carbons (Fsp3) is 0.500. The first-order valence-corrected chi connectivity index (χ1v) is 7.66. The number of ether oxygens (including phenoxy) is 2. The molecule has 1 radical (unpaired) electrons. The number of esters is 2. The molecule has 6 nitrogen and oxygen atoms in total. The van der Waals surface area contributed by atoms with Crippen molar-refractivity contribution < 1.29 is 23.7 Å². The summed E-state index contributed by atoms with van der Waals surface area (Å²) in [5.74, 6) is -1.92. The summed E-state index contributed by atoms with van der Waals surface area (Å²) >= 11 is 0. The molecule has 1 fully saturated rings. The van der Waals surface area contributed by atoms with Gasteiger partial charge in [-0.2, -0.15) is 0 Å². The van der Waals surface area contributed by atoms with Gasteiger partial charge in [-0.25, -0.2) is 0 Å². The van der Waals surface area contributed by atoms with Crippen LogP contribution in [-0.2, 0) is 30.1 Å². The zero-order valence-corrected chi connectivity index (χ0v) is 13.1. The van der Waals surface area contributed by atoms with Crippen LogP contribution in [0.3, 0.4) is 0 Å². The van der Waals surface area contributed by atoms with Crippen LogP contribution >= 0.6 is 0 Å². The Morgan fingerprint density at radius 3 is 2.70 bits per heavy atom. The van der Waals surface area contributed by atoms with Crippen LogP contribution in [-0.4, -0.2) is 38.9 Å². The lowest BCUT2D eigenvalue weighted by Crippen LogP contribution is -2.27. The van der Waals surface area contributed by atoms with Crippen LogP contribution < -0.4 is 5.73 Å². The van der Waals surface area contributed by atoms with Crippen molar-refractivity contribution in [1.82, 2.24) is 0 Å². The third-order valence-electron chi connectivity index (χ3n) is 3.66. The fourth-order valence-corrected chi connectivity index (χ4v) is 2.52. The number of nitrogens with two attached hydrogens (primary N) is 1. The van der Waals surface area contributed by atoms with Crippen molar-refractivity contribution in [2.75, 3.05) is 13.3 Å². The van der Waals surface area contributed by atoms with E-state index in [1.165, 1.54) is 7.48 Å². The molecule has 23 heavy (non-hydrogen) atoms. The summed E-state index contributed by atoms with van der Waals surface area (Å²) < 4.78 is 15.6. The van der Waals surface area contributed by atoms with Crippen LogP contribution in [0.5, 0.6) is 0 Å². The lowest BCUT2D eigenvalue weighted by Gasteiger charge is -2.18. The number of cyclic esters (lactones) is 2. The lowest BCUT2D eigenvalue weighted by molar-refractivity contribution is -0.149. The fourth-order valence-electron chi connectivity index (χ4n) is 2.52. The highest BCUT2D eigenvalue weighted by Crippen LogP contribution is 2.22. The molecule has 123 valence electrons. The highest BCUT2D eigenvalue weighted by atomic mass is 16.6. The maximum absolute atomic E-state index is 12.3. The molecule has 7 heteroatoms. The number of carbonyl (C=O) groups is 2. The van der Waals surface area contributed by atoms with Crippen molar-refractivity contribution in [3.05, 3.63) is 35.9 Å². The van der Waals surface area contributed by atoms with Gasteiger partial charge >= 0.3 is 19.4 Å². The third kappa shape index (κ3) is 5.37. The molecule has 0 amide bonds. The molecular weight excluding hydrogens is 297 g/mol. The summed E-state index contributed by atoms with van der Waals surface area (Å²) in [6.07, 6.45) is 0.592. The monoisotopic (exact) mass is 318 g/mol. The first-order chi connectivity index (χ1) is 11.1. The molecule has 0 saturated carbocycles. The number of carbonyl (C=O) groups excluding carboxylic acids is 2. The Balaban J connectivity index is 2.05. The maximum atomic E-state index is 12.3. The van der Waals surface area contributed by atoms with Gasteiger partial charge in [0.2, 0.25) is 0 Å². The van der Waals surface area contributed by atoms with Crippen molar-refractivity contribution >= 4 is 19.4 Å². The van der Waals surface area contributed by atoms with Gasteiger partial charge in [-0.15, -0.1) is 0 Å². The van der Waals surface area contributed by atoms with Crippen molar-refractivity contribution in [1.29, 1.82) is 0 Å². The Labute approximate surface area is 136 Å². The van der Waals surface area contributed by atoms with Crippen LogP contribution in [0.15, 0.2) is 30.3 Å². The standard InChI is InChI=1S/C16H21BNO5/c1-11-7-13(8-12-5-3-2-4-6-12)15(19)21-9-14(16(20)23-11)17-22-10-18/h2-6,11,13-14H,7-10,18H2,1H3/t11-,13-,14-/m0/s1. The molecule has 1 heterocycles. The number of hydrogen-bond acceptors (Lipinski definition) is 6. The van der Waals surface area contributed by atoms with E-state index in [4.69, 9.17) is 19.9 Å². The molecule has 0 aliphatic carbocycles. The third-order valence-corrected chi connectivity index (χ3v) is 3.66.